The number of nitrogens with two attached hydrogens (primary N) is 1. The minimum Gasteiger partial charge on any atom is -0.465 e. The second kappa shape index (κ2) is 5.96. The second-order valence-electron chi connectivity index (χ2n) is 6.21. The van der Waals surface area contributed by atoms with Gasteiger partial charge in [0.1, 0.15) is 0 Å². The lowest BCUT2D eigenvalue weighted by molar-refractivity contribution is 0.0601. The van der Waals surface area contributed by atoms with Gasteiger partial charge in [0.15, 0.2) is 0 Å². The fourth-order valence-corrected chi connectivity index (χ4v) is 3.96. The highest BCUT2D eigenvalue weighted by Crippen LogP contribution is 2.39. The second-order valence-corrected chi connectivity index (χ2v) is 6.21. The zero-order valence-electron chi connectivity index (χ0n) is 12.7. The maximum atomic E-state index is 11.7. The maximum absolute atomic E-state index is 11.7. The summed E-state index contributed by atoms with van der Waals surface area (Å²) in [6.45, 7) is 1.04. The summed E-state index contributed by atoms with van der Waals surface area (Å²) < 4.78 is 4.82. The van der Waals surface area contributed by atoms with Gasteiger partial charge in [-0.2, -0.15) is 0 Å². The van der Waals surface area contributed by atoms with Crippen molar-refractivity contribution in [3.05, 3.63) is 23.8 Å². The first-order valence-electron chi connectivity index (χ1n) is 7.95. The number of nitrogens with zero attached hydrogens (tertiary/aromatic N) is 1. The van der Waals surface area contributed by atoms with E-state index in [1.165, 1.54) is 45.6 Å². The molecule has 4 nitrogen and oxygen atoms in total. The van der Waals surface area contributed by atoms with Crippen molar-refractivity contribution in [2.75, 3.05) is 24.3 Å². The number of benzene rings is 1. The number of carbonyl (C=O) groups excluding carboxylic acids is 1. The Balaban J connectivity index is 1.89. The molecule has 2 N–H and O–H groups in total. The summed E-state index contributed by atoms with van der Waals surface area (Å²) in [5.41, 5.74) is 8.52. The van der Waals surface area contributed by atoms with Gasteiger partial charge in [0, 0.05) is 12.6 Å². The van der Waals surface area contributed by atoms with E-state index in [-0.39, 0.29) is 5.97 Å². The number of hydrogen-bond donors (Lipinski definition) is 1. The summed E-state index contributed by atoms with van der Waals surface area (Å²) in [5, 5.41) is 0. The predicted molar refractivity (Wildman–Crippen MR) is 84.5 cm³/mol. The van der Waals surface area contributed by atoms with Crippen LogP contribution in [0.15, 0.2) is 18.2 Å². The van der Waals surface area contributed by atoms with E-state index in [1.54, 1.807) is 6.07 Å². The van der Waals surface area contributed by atoms with E-state index in [0.29, 0.717) is 11.6 Å². The van der Waals surface area contributed by atoms with Crippen molar-refractivity contribution in [1.29, 1.82) is 0 Å². The third-order valence-electron chi connectivity index (χ3n) is 5.00. The number of rotatable bonds is 3. The molecule has 2 aliphatic rings. The molecule has 3 rings (SSSR count). The van der Waals surface area contributed by atoms with Crippen molar-refractivity contribution in [3.63, 3.8) is 0 Å². The van der Waals surface area contributed by atoms with Crippen LogP contribution in [0.1, 0.15) is 48.9 Å². The highest BCUT2D eigenvalue weighted by molar-refractivity contribution is 5.92. The summed E-state index contributed by atoms with van der Waals surface area (Å²) in [5.74, 6) is 0.488. The quantitative estimate of drug-likeness (QED) is 0.685. The molecular formula is C17H24N2O2. The van der Waals surface area contributed by atoms with Crippen LogP contribution in [0.25, 0.3) is 0 Å². The maximum Gasteiger partial charge on any atom is 0.337 e. The van der Waals surface area contributed by atoms with Crippen molar-refractivity contribution in [1.82, 2.24) is 0 Å². The number of anilines is 2. The van der Waals surface area contributed by atoms with Crippen LogP contribution in [0, 0.1) is 5.92 Å². The molecule has 1 unspecified atom stereocenters. The lowest BCUT2D eigenvalue weighted by Crippen LogP contribution is -2.35. The van der Waals surface area contributed by atoms with Crippen LogP contribution in [0.3, 0.4) is 0 Å². The highest BCUT2D eigenvalue weighted by Gasteiger charge is 2.34. The first kappa shape index (κ1) is 14.2. The molecule has 1 aliphatic carbocycles. The first-order chi connectivity index (χ1) is 10.2. The van der Waals surface area contributed by atoms with Gasteiger partial charge in [-0.1, -0.05) is 12.8 Å². The fraction of sp³-hybridized carbons (Fsp3) is 0.588. The van der Waals surface area contributed by atoms with E-state index < -0.39 is 0 Å². The van der Waals surface area contributed by atoms with Crippen LogP contribution in [0.4, 0.5) is 11.4 Å². The Morgan fingerprint density at radius 3 is 2.71 bits per heavy atom. The molecule has 1 atom stereocenters. The molecule has 114 valence electrons. The van der Waals surface area contributed by atoms with E-state index in [2.05, 4.69) is 4.90 Å². The smallest absolute Gasteiger partial charge is 0.337 e. The Labute approximate surface area is 126 Å². The molecule has 2 fully saturated rings. The molecule has 1 aromatic carbocycles. The Morgan fingerprint density at radius 2 is 2.00 bits per heavy atom. The zero-order valence-corrected chi connectivity index (χ0v) is 12.7. The number of hydrogen-bond acceptors (Lipinski definition) is 4. The first-order valence-corrected chi connectivity index (χ1v) is 7.95. The SMILES string of the molecule is COC(=O)c1ccc(N)c(N2CCCC2C2CCCC2)c1. The summed E-state index contributed by atoms with van der Waals surface area (Å²) in [6, 6.07) is 6.05. The minimum absolute atomic E-state index is 0.298. The summed E-state index contributed by atoms with van der Waals surface area (Å²) in [7, 11) is 1.41. The normalized spacial score (nSPS) is 22.7. The third kappa shape index (κ3) is 2.71. The molecule has 4 heteroatoms. The molecule has 21 heavy (non-hydrogen) atoms. The van der Waals surface area contributed by atoms with Crippen LogP contribution in [-0.2, 0) is 4.74 Å². The Morgan fingerprint density at radius 1 is 1.24 bits per heavy atom. The number of methoxy groups -OCH3 is 1. The molecule has 1 heterocycles. The third-order valence-corrected chi connectivity index (χ3v) is 5.00. The fourth-order valence-electron chi connectivity index (χ4n) is 3.96. The number of ether oxygens (including phenoxy) is 1. The summed E-state index contributed by atoms with van der Waals surface area (Å²) in [6.07, 6.45) is 7.82. The number of nitrogen functional groups attached to an aromatic ring is 1. The lowest BCUT2D eigenvalue weighted by Gasteiger charge is -2.32. The van der Waals surface area contributed by atoms with Gasteiger partial charge in [0.25, 0.3) is 0 Å². The number of esters is 1. The topological polar surface area (TPSA) is 55.6 Å². The standard InChI is InChI=1S/C17H24N2O2/c1-21-17(20)13-8-9-14(18)16(11-13)19-10-4-7-15(19)12-5-2-3-6-12/h8-9,11-12,15H,2-7,10,18H2,1H3. The molecule has 0 radical (unpaired) electrons. The minimum atomic E-state index is -0.298. The zero-order chi connectivity index (χ0) is 14.8. The van der Waals surface area contributed by atoms with Gasteiger partial charge in [-0.05, 0) is 49.8 Å². The molecule has 0 amide bonds. The lowest BCUT2D eigenvalue weighted by atomic mass is 9.95. The van der Waals surface area contributed by atoms with Crippen molar-refractivity contribution >= 4 is 17.3 Å². The van der Waals surface area contributed by atoms with Crippen LogP contribution in [-0.4, -0.2) is 25.7 Å². The average molecular weight is 288 g/mol. The van der Waals surface area contributed by atoms with Crippen molar-refractivity contribution < 1.29 is 9.53 Å². The molecule has 0 aromatic heterocycles. The van der Waals surface area contributed by atoms with Crippen molar-refractivity contribution in [2.24, 2.45) is 5.92 Å². The van der Waals surface area contributed by atoms with Crippen LogP contribution in [0.2, 0.25) is 0 Å². The highest BCUT2D eigenvalue weighted by atomic mass is 16.5. The van der Waals surface area contributed by atoms with Gasteiger partial charge >= 0.3 is 5.97 Å². The molecule has 0 spiro atoms. The van der Waals surface area contributed by atoms with Gasteiger partial charge in [-0.15, -0.1) is 0 Å². The Kier molecular flexibility index (Phi) is 4.04. The molecule has 1 saturated heterocycles. The van der Waals surface area contributed by atoms with Gasteiger partial charge in [0.2, 0.25) is 0 Å². The van der Waals surface area contributed by atoms with E-state index in [1.807, 2.05) is 12.1 Å². The van der Waals surface area contributed by atoms with E-state index >= 15 is 0 Å². The molecule has 1 aromatic rings. The molecule has 1 aliphatic heterocycles. The largest absolute Gasteiger partial charge is 0.465 e. The van der Waals surface area contributed by atoms with Gasteiger partial charge in [0.05, 0.1) is 24.0 Å². The average Bonchev–Trinajstić information content (AvgIpc) is 3.17. The summed E-state index contributed by atoms with van der Waals surface area (Å²) >= 11 is 0. The van der Waals surface area contributed by atoms with Gasteiger partial charge < -0.3 is 15.4 Å². The van der Waals surface area contributed by atoms with Crippen LogP contribution in [0.5, 0.6) is 0 Å². The van der Waals surface area contributed by atoms with E-state index in [0.717, 1.165) is 23.8 Å². The monoisotopic (exact) mass is 288 g/mol. The molecular weight excluding hydrogens is 264 g/mol. The molecule has 1 saturated carbocycles. The van der Waals surface area contributed by atoms with E-state index in [4.69, 9.17) is 10.5 Å². The molecule has 0 bridgehead atoms. The van der Waals surface area contributed by atoms with Crippen molar-refractivity contribution in [3.8, 4) is 0 Å². The van der Waals surface area contributed by atoms with Gasteiger partial charge in [-0.3, -0.25) is 0 Å². The Bertz CT molecular complexity index is 524. The van der Waals surface area contributed by atoms with Crippen LogP contribution >= 0.6 is 0 Å². The van der Waals surface area contributed by atoms with Gasteiger partial charge in [-0.25, -0.2) is 4.79 Å². The van der Waals surface area contributed by atoms with Crippen LogP contribution < -0.4 is 10.6 Å². The summed E-state index contributed by atoms with van der Waals surface area (Å²) in [4.78, 5) is 14.2. The number of carbonyl (C=O) groups is 1. The predicted octanol–water partition coefficient (Wildman–Crippen LogP) is 3.21. The van der Waals surface area contributed by atoms with Crippen molar-refractivity contribution in [2.45, 2.75) is 44.6 Å². The Hall–Kier alpha value is -1.71. The van der Waals surface area contributed by atoms with E-state index in [9.17, 15) is 4.79 Å².